The maximum Gasteiger partial charge on any atom is 0.0785 e. The average Bonchev–Trinajstić information content (AvgIpc) is 2.01. The Morgan fingerprint density at radius 1 is 1.43 bits per heavy atom. The Labute approximate surface area is 88.4 Å². The summed E-state index contributed by atoms with van der Waals surface area (Å²) in [6.45, 7) is 12.5. The van der Waals surface area contributed by atoms with Crippen molar-refractivity contribution in [1.82, 2.24) is 0 Å². The van der Waals surface area contributed by atoms with Crippen LogP contribution in [0.4, 0.5) is 0 Å². The molecule has 0 saturated carbocycles. The molecule has 0 aromatic rings. The van der Waals surface area contributed by atoms with Gasteiger partial charge in [0, 0.05) is 18.4 Å². The van der Waals surface area contributed by atoms with Crippen LogP contribution in [0.25, 0.3) is 0 Å². The first kappa shape index (κ1) is 12.0. The molecule has 1 aliphatic heterocycles. The Hall–Kier alpha value is -0.0800. The molecular formula is C12H26NO+. The fourth-order valence-corrected chi connectivity index (χ4v) is 2.22. The molecule has 1 saturated heterocycles. The van der Waals surface area contributed by atoms with Gasteiger partial charge < -0.3 is 10.1 Å². The van der Waals surface area contributed by atoms with Gasteiger partial charge in [-0.1, -0.05) is 13.8 Å². The van der Waals surface area contributed by atoms with Crippen molar-refractivity contribution in [3.05, 3.63) is 0 Å². The summed E-state index contributed by atoms with van der Waals surface area (Å²) < 4.78 is 5.71. The second-order valence-electron chi connectivity index (χ2n) is 5.62. The predicted molar refractivity (Wildman–Crippen MR) is 59.3 cm³/mol. The van der Waals surface area contributed by atoms with Crippen LogP contribution >= 0.6 is 0 Å². The van der Waals surface area contributed by atoms with Crippen molar-refractivity contribution in [1.29, 1.82) is 0 Å². The van der Waals surface area contributed by atoms with Gasteiger partial charge in [0.1, 0.15) is 0 Å². The zero-order chi connectivity index (χ0) is 10.6. The van der Waals surface area contributed by atoms with Crippen LogP contribution in [0.2, 0.25) is 0 Å². The molecule has 0 aromatic carbocycles. The Morgan fingerprint density at radius 3 is 2.71 bits per heavy atom. The largest absolute Gasteiger partial charge is 0.376 e. The lowest BCUT2D eigenvalue weighted by molar-refractivity contribution is -0.666. The van der Waals surface area contributed by atoms with Crippen molar-refractivity contribution in [2.24, 2.45) is 11.8 Å². The lowest BCUT2D eigenvalue weighted by atomic mass is 9.88. The van der Waals surface area contributed by atoms with Gasteiger partial charge in [0.15, 0.2) is 0 Å². The van der Waals surface area contributed by atoms with E-state index >= 15 is 0 Å². The van der Waals surface area contributed by atoms with Crippen LogP contribution in [0, 0.1) is 11.8 Å². The number of hydrogen-bond acceptors (Lipinski definition) is 1. The lowest BCUT2D eigenvalue weighted by Gasteiger charge is -2.34. The molecule has 1 fully saturated rings. The van der Waals surface area contributed by atoms with Gasteiger partial charge in [-0.3, -0.25) is 0 Å². The van der Waals surface area contributed by atoms with E-state index in [0.29, 0.717) is 0 Å². The predicted octanol–water partition coefficient (Wildman–Crippen LogP) is 1.41. The summed E-state index contributed by atoms with van der Waals surface area (Å²) in [7, 11) is 0. The standard InChI is InChI=1S/C12H25NO/c1-10(2)8-13-9-11-5-6-14-12(3,4)7-11/h10-11,13H,5-9H2,1-4H3/p+1/t11-/m1/s1. The molecular weight excluding hydrogens is 174 g/mol. The highest BCUT2D eigenvalue weighted by molar-refractivity contribution is 4.77. The van der Waals surface area contributed by atoms with Gasteiger partial charge in [0.05, 0.1) is 18.7 Å². The van der Waals surface area contributed by atoms with Crippen LogP contribution in [0.3, 0.4) is 0 Å². The van der Waals surface area contributed by atoms with Crippen LogP contribution in [0.5, 0.6) is 0 Å². The minimum atomic E-state index is 0.120. The molecule has 2 N–H and O–H groups in total. The third-order valence-corrected chi connectivity index (χ3v) is 2.94. The molecule has 2 heteroatoms. The second kappa shape index (κ2) is 5.13. The van der Waals surface area contributed by atoms with Crippen molar-refractivity contribution in [3.63, 3.8) is 0 Å². The molecule has 0 bridgehead atoms. The number of hydrogen-bond donors (Lipinski definition) is 1. The molecule has 0 spiro atoms. The van der Waals surface area contributed by atoms with Gasteiger partial charge in [-0.25, -0.2) is 0 Å². The van der Waals surface area contributed by atoms with E-state index in [1.807, 2.05) is 0 Å². The SMILES string of the molecule is CC(C)C[NH2+]C[C@@H]1CCOC(C)(C)C1. The molecule has 1 rings (SSSR count). The minimum absolute atomic E-state index is 0.120. The summed E-state index contributed by atoms with van der Waals surface area (Å²) in [5.74, 6) is 1.67. The van der Waals surface area contributed by atoms with E-state index in [9.17, 15) is 0 Å². The number of rotatable bonds is 4. The number of ether oxygens (including phenoxy) is 1. The third-order valence-electron chi connectivity index (χ3n) is 2.94. The van der Waals surface area contributed by atoms with Gasteiger partial charge >= 0.3 is 0 Å². The van der Waals surface area contributed by atoms with Crippen LogP contribution in [0.15, 0.2) is 0 Å². The topological polar surface area (TPSA) is 25.8 Å². The molecule has 1 aliphatic rings. The monoisotopic (exact) mass is 200 g/mol. The van der Waals surface area contributed by atoms with Crippen molar-refractivity contribution >= 4 is 0 Å². The van der Waals surface area contributed by atoms with Crippen LogP contribution in [-0.4, -0.2) is 25.3 Å². The average molecular weight is 200 g/mol. The van der Waals surface area contributed by atoms with Crippen LogP contribution in [0.1, 0.15) is 40.5 Å². The summed E-state index contributed by atoms with van der Waals surface area (Å²) in [5, 5.41) is 2.47. The molecule has 0 amide bonds. The van der Waals surface area contributed by atoms with E-state index in [-0.39, 0.29) is 5.60 Å². The summed E-state index contributed by atoms with van der Waals surface area (Å²) in [6.07, 6.45) is 2.47. The van der Waals surface area contributed by atoms with E-state index in [4.69, 9.17) is 4.74 Å². The normalized spacial score (nSPS) is 26.8. The Morgan fingerprint density at radius 2 is 2.14 bits per heavy atom. The van der Waals surface area contributed by atoms with E-state index in [0.717, 1.165) is 18.4 Å². The second-order valence-corrected chi connectivity index (χ2v) is 5.62. The summed E-state index contributed by atoms with van der Waals surface area (Å²) >= 11 is 0. The van der Waals surface area contributed by atoms with E-state index in [1.165, 1.54) is 25.9 Å². The van der Waals surface area contributed by atoms with Gasteiger partial charge in [0.25, 0.3) is 0 Å². The van der Waals surface area contributed by atoms with Crippen molar-refractivity contribution in [2.45, 2.75) is 46.1 Å². The highest BCUT2D eigenvalue weighted by atomic mass is 16.5. The highest BCUT2D eigenvalue weighted by Crippen LogP contribution is 2.27. The zero-order valence-electron chi connectivity index (χ0n) is 10.2. The van der Waals surface area contributed by atoms with Gasteiger partial charge in [-0.2, -0.15) is 0 Å². The third kappa shape index (κ3) is 4.43. The Kier molecular flexibility index (Phi) is 4.39. The maximum absolute atomic E-state index is 5.71. The molecule has 84 valence electrons. The molecule has 2 nitrogen and oxygen atoms in total. The Balaban J connectivity index is 2.18. The van der Waals surface area contributed by atoms with Gasteiger partial charge in [-0.05, 0) is 26.7 Å². The maximum atomic E-state index is 5.71. The van der Waals surface area contributed by atoms with Crippen LogP contribution in [-0.2, 0) is 4.74 Å². The summed E-state index contributed by atoms with van der Waals surface area (Å²) in [4.78, 5) is 0. The summed E-state index contributed by atoms with van der Waals surface area (Å²) in [6, 6.07) is 0. The molecule has 0 aliphatic carbocycles. The Bertz CT molecular complexity index is 166. The van der Waals surface area contributed by atoms with Crippen molar-refractivity contribution < 1.29 is 10.1 Å². The quantitative estimate of drug-likeness (QED) is 0.729. The van der Waals surface area contributed by atoms with Gasteiger partial charge in [0.2, 0.25) is 0 Å². The first-order chi connectivity index (χ1) is 6.49. The first-order valence-corrected chi connectivity index (χ1v) is 5.95. The minimum Gasteiger partial charge on any atom is -0.376 e. The van der Waals surface area contributed by atoms with Crippen molar-refractivity contribution in [2.75, 3.05) is 19.7 Å². The van der Waals surface area contributed by atoms with E-state index in [1.54, 1.807) is 0 Å². The van der Waals surface area contributed by atoms with Crippen LogP contribution < -0.4 is 5.32 Å². The fraction of sp³-hybridized carbons (Fsp3) is 1.00. The molecule has 1 heterocycles. The number of quaternary nitrogens is 1. The molecule has 0 aromatic heterocycles. The molecule has 0 radical (unpaired) electrons. The summed E-state index contributed by atoms with van der Waals surface area (Å²) in [5.41, 5.74) is 0.120. The molecule has 14 heavy (non-hydrogen) atoms. The lowest BCUT2D eigenvalue weighted by Crippen LogP contribution is -2.86. The highest BCUT2D eigenvalue weighted by Gasteiger charge is 2.29. The van der Waals surface area contributed by atoms with Gasteiger partial charge in [-0.15, -0.1) is 0 Å². The molecule has 0 unspecified atom stereocenters. The van der Waals surface area contributed by atoms with E-state index in [2.05, 4.69) is 33.0 Å². The first-order valence-electron chi connectivity index (χ1n) is 5.95. The fourth-order valence-electron chi connectivity index (χ4n) is 2.22. The molecule has 1 atom stereocenters. The zero-order valence-corrected chi connectivity index (χ0v) is 10.2. The smallest absolute Gasteiger partial charge is 0.0785 e. The number of nitrogens with two attached hydrogens (primary N) is 1. The van der Waals surface area contributed by atoms with Crippen molar-refractivity contribution in [3.8, 4) is 0 Å². The van der Waals surface area contributed by atoms with E-state index < -0.39 is 0 Å².